The van der Waals surface area contributed by atoms with E-state index >= 15 is 0 Å². The monoisotopic (exact) mass is 193 g/mol. The standard InChI is InChI=1S/C6H11NO4S/c7-5-3-1-2-4-6(5)10-12(8,9)11-6/h5H,1-4,7H2. The first-order valence-corrected chi connectivity index (χ1v) is 5.29. The Kier molecular flexibility index (Phi) is 1.69. The second kappa shape index (κ2) is 2.41. The summed E-state index contributed by atoms with van der Waals surface area (Å²) in [4.78, 5) is 0. The molecule has 0 amide bonds. The van der Waals surface area contributed by atoms with Crippen molar-refractivity contribution in [3.8, 4) is 0 Å². The van der Waals surface area contributed by atoms with Gasteiger partial charge >= 0.3 is 10.4 Å². The van der Waals surface area contributed by atoms with Gasteiger partial charge in [0.1, 0.15) is 0 Å². The summed E-state index contributed by atoms with van der Waals surface area (Å²) >= 11 is 0. The van der Waals surface area contributed by atoms with Gasteiger partial charge in [-0.1, -0.05) is 6.42 Å². The van der Waals surface area contributed by atoms with Gasteiger partial charge < -0.3 is 5.73 Å². The smallest absolute Gasteiger partial charge is 0.323 e. The summed E-state index contributed by atoms with van der Waals surface area (Å²) in [6.45, 7) is 0. The van der Waals surface area contributed by atoms with E-state index in [0.717, 1.165) is 19.3 Å². The third-order valence-electron chi connectivity index (χ3n) is 2.34. The van der Waals surface area contributed by atoms with Crippen LogP contribution in [-0.2, 0) is 18.8 Å². The largest absolute Gasteiger partial charge is 0.405 e. The lowest BCUT2D eigenvalue weighted by atomic mass is 9.90. The van der Waals surface area contributed by atoms with E-state index in [0.29, 0.717) is 6.42 Å². The first-order chi connectivity index (χ1) is 5.54. The lowest BCUT2D eigenvalue weighted by molar-refractivity contribution is -0.215. The zero-order chi connectivity index (χ0) is 8.82. The van der Waals surface area contributed by atoms with Gasteiger partial charge in [-0.05, 0) is 12.8 Å². The van der Waals surface area contributed by atoms with Gasteiger partial charge in [0.2, 0.25) is 5.79 Å². The van der Waals surface area contributed by atoms with Gasteiger partial charge in [0, 0.05) is 6.42 Å². The zero-order valence-corrected chi connectivity index (χ0v) is 7.34. The quantitative estimate of drug-likeness (QED) is 0.580. The lowest BCUT2D eigenvalue weighted by Crippen LogP contribution is -2.62. The van der Waals surface area contributed by atoms with Gasteiger partial charge in [0.15, 0.2) is 0 Å². The topological polar surface area (TPSA) is 78.6 Å². The molecule has 0 radical (unpaired) electrons. The highest BCUT2D eigenvalue weighted by Gasteiger charge is 2.56. The van der Waals surface area contributed by atoms with E-state index in [1.807, 2.05) is 0 Å². The predicted octanol–water partition coefficient (Wildman–Crippen LogP) is -0.124. The lowest BCUT2D eigenvalue weighted by Gasteiger charge is -2.45. The molecule has 12 heavy (non-hydrogen) atoms. The van der Waals surface area contributed by atoms with Gasteiger partial charge in [-0.3, -0.25) is 0 Å². The first kappa shape index (κ1) is 8.43. The second-order valence-corrected chi connectivity index (χ2v) is 4.39. The third kappa shape index (κ3) is 1.15. The molecule has 1 heterocycles. The summed E-state index contributed by atoms with van der Waals surface area (Å²) in [5, 5.41) is 0. The van der Waals surface area contributed by atoms with Crippen molar-refractivity contribution in [2.24, 2.45) is 5.73 Å². The van der Waals surface area contributed by atoms with Crippen molar-refractivity contribution in [2.75, 3.05) is 0 Å². The van der Waals surface area contributed by atoms with Crippen LogP contribution >= 0.6 is 0 Å². The third-order valence-corrected chi connectivity index (χ3v) is 3.31. The van der Waals surface area contributed by atoms with Crippen molar-refractivity contribution in [1.29, 1.82) is 0 Å². The summed E-state index contributed by atoms with van der Waals surface area (Å²) in [5.41, 5.74) is 5.68. The van der Waals surface area contributed by atoms with Crippen molar-refractivity contribution in [3.63, 3.8) is 0 Å². The molecular weight excluding hydrogens is 182 g/mol. The maximum atomic E-state index is 10.6. The molecule has 2 rings (SSSR count). The highest BCUT2D eigenvalue weighted by Crippen LogP contribution is 2.41. The van der Waals surface area contributed by atoms with Crippen LogP contribution in [0.25, 0.3) is 0 Å². The molecule has 1 spiro atoms. The van der Waals surface area contributed by atoms with Crippen LogP contribution in [0.5, 0.6) is 0 Å². The predicted molar refractivity (Wildman–Crippen MR) is 40.3 cm³/mol. The van der Waals surface area contributed by atoms with E-state index in [-0.39, 0.29) is 6.04 Å². The molecule has 0 aromatic heterocycles. The van der Waals surface area contributed by atoms with Gasteiger partial charge in [-0.2, -0.15) is 8.42 Å². The van der Waals surface area contributed by atoms with Crippen LogP contribution in [0.15, 0.2) is 0 Å². The molecular formula is C6H11NO4S. The van der Waals surface area contributed by atoms with Crippen LogP contribution in [-0.4, -0.2) is 20.2 Å². The van der Waals surface area contributed by atoms with Crippen LogP contribution in [0.1, 0.15) is 25.7 Å². The Labute approximate surface area is 71.2 Å². The molecule has 0 aromatic rings. The molecule has 0 aromatic carbocycles. The Balaban J connectivity index is 2.13. The Morgan fingerprint density at radius 2 is 2.00 bits per heavy atom. The molecule has 0 bridgehead atoms. The Bertz CT molecular complexity index is 274. The second-order valence-electron chi connectivity index (χ2n) is 3.24. The Hall–Kier alpha value is -0.170. The average Bonchev–Trinajstić information content (AvgIpc) is 1.91. The zero-order valence-electron chi connectivity index (χ0n) is 6.52. The molecule has 1 saturated heterocycles. The minimum atomic E-state index is -3.70. The van der Waals surface area contributed by atoms with E-state index in [2.05, 4.69) is 0 Å². The highest BCUT2D eigenvalue weighted by molar-refractivity contribution is 7.82. The van der Waals surface area contributed by atoms with Crippen molar-refractivity contribution in [1.82, 2.24) is 0 Å². The summed E-state index contributed by atoms with van der Waals surface area (Å²) in [6.07, 6.45) is 3.25. The van der Waals surface area contributed by atoms with Crippen molar-refractivity contribution < 1.29 is 16.8 Å². The maximum Gasteiger partial charge on any atom is 0.405 e. The number of nitrogens with two attached hydrogens (primary N) is 1. The van der Waals surface area contributed by atoms with E-state index < -0.39 is 16.2 Å². The molecule has 1 aliphatic carbocycles. The summed E-state index contributed by atoms with van der Waals surface area (Å²) in [7, 11) is -3.70. The SMILES string of the molecule is NC1CCCCC12OS(=O)(=O)O2. The molecule has 2 fully saturated rings. The molecule has 6 heteroatoms. The summed E-state index contributed by atoms with van der Waals surface area (Å²) in [5.74, 6) is -1.02. The summed E-state index contributed by atoms with van der Waals surface area (Å²) < 4.78 is 30.6. The van der Waals surface area contributed by atoms with Gasteiger partial charge in [-0.25, -0.2) is 8.37 Å². The van der Waals surface area contributed by atoms with Crippen molar-refractivity contribution in [3.05, 3.63) is 0 Å². The van der Waals surface area contributed by atoms with E-state index in [1.165, 1.54) is 0 Å². The van der Waals surface area contributed by atoms with E-state index in [4.69, 9.17) is 14.1 Å². The molecule has 1 saturated carbocycles. The van der Waals surface area contributed by atoms with Crippen LogP contribution in [0, 0.1) is 0 Å². The van der Waals surface area contributed by atoms with Gasteiger partial charge in [0.25, 0.3) is 0 Å². The normalized spacial score (nSPS) is 37.6. The average molecular weight is 193 g/mol. The minimum absolute atomic E-state index is 0.310. The fourth-order valence-electron chi connectivity index (χ4n) is 1.70. The number of hydrogen-bond donors (Lipinski definition) is 1. The Morgan fingerprint density at radius 1 is 1.33 bits per heavy atom. The van der Waals surface area contributed by atoms with E-state index in [1.54, 1.807) is 0 Å². The van der Waals surface area contributed by atoms with E-state index in [9.17, 15) is 8.42 Å². The molecule has 1 atom stereocenters. The minimum Gasteiger partial charge on any atom is -0.323 e. The van der Waals surface area contributed by atoms with Crippen LogP contribution in [0.3, 0.4) is 0 Å². The Morgan fingerprint density at radius 3 is 2.50 bits per heavy atom. The van der Waals surface area contributed by atoms with Crippen LogP contribution < -0.4 is 5.73 Å². The molecule has 1 unspecified atom stereocenters. The molecule has 5 nitrogen and oxygen atoms in total. The molecule has 2 N–H and O–H groups in total. The maximum absolute atomic E-state index is 10.6. The fraction of sp³-hybridized carbons (Fsp3) is 1.00. The molecule has 2 aliphatic rings. The van der Waals surface area contributed by atoms with Gasteiger partial charge in [0.05, 0.1) is 6.04 Å². The van der Waals surface area contributed by atoms with Gasteiger partial charge in [-0.15, -0.1) is 0 Å². The number of hydrogen-bond acceptors (Lipinski definition) is 5. The van der Waals surface area contributed by atoms with Crippen molar-refractivity contribution >= 4 is 10.4 Å². The highest BCUT2D eigenvalue weighted by atomic mass is 32.3. The van der Waals surface area contributed by atoms with Crippen molar-refractivity contribution in [2.45, 2.75) is 37.5 Å². The van der Waals surface area contributed by atoms with Crippen LogP contribution in [0.2, 0.25) is 0 Å². The molecule has 70 valence electrons. The number of rotatable bonds is 0. The summed E-state index contributed by atoms with van der Waals surface area (Å²) in [6, 6.07) is -0.310. The molecule has 1 aliphatic heterocycles. The first-order valence-electron chi connectivity index (χ1n) is 3.96. The fourth-order valence-corrected chi connectivity index (χ4v) is 2.82. The van der Waals surface area contributed by atoms with Crippen LogP contribution in [0.4, 0.5) is 0 Å².